The molecular weight excluding hydrogens is 336 g/mol. The molecule has 8 heteroatoms. The highest BCUT2D eigenvalue weighted by Gasteiger charge is 2.25. The minimum atomic E-state index is -3.26. The van der Waals surface area contributed by atoms with Gasteiger partial charge in [0.15, 0.2) is 19.7 Å². The van der Waals surface area contributed by atoms with Crippen LogP contribution in [0, 0.1) is 0 Å². The fourth-order valence-electron chi connectivity index (χ4n) is 1.43. The van der Waals surface area contributed by atoms with E-state index in [1.807, 2.05) is 13.8 Å². The zero-order chi connectivity index (χ0) is 15.2. The van der Waals surface area contributed by atoms with Crippen LogP contribution in [-0.2, 0) is 19.7 Å². The Morgan fingerprint density at radius 3 is 2.25 bits per heavy atom. The van der Waals surface area contributed by atoms with Crippen molar-refractivity contribution in [2.75, 3.05) is 11.5 Å². The number of rotatable bonds is 8. The quantitative estimate of drug-likeness (QED) is 0.663. The van der Waals surface area contributed by atoms with Crippen molar-refractivity contribution in [1.29, 1.82) is 0 Å². The van der Waals surface area contributed by atoms with Gasteiger partial charge in [0.05, 0.1) is 21.2 Å². The molecule has 0 spiro atoms. The summed E-state index contributed by atoms with van der Waals surface area (Å²) in [6.45, 7) is 3.87. The molecule has 4 nitrogen and oxygen atoms in total. The summed E-state index contributed by atoms with van der Waals surface area (Å²) in [6.07, 6.45) is 2.88. The molecule has 0 saturated carbocycles. The summed E-state index contributed by atoms with van der Waals surface area (Å²) in [5, 5.41) is 2.74. The van der Waals surface area contributed by atoms with E-state index in [9.17, 15) is 16.8 Å². The van der Waals surface area contributed by atoms with Crippen LogP contribution in [0.4, 0.5) is 0 Å². The molecular formula is C12H20O4S4. The van der Waals surface area contributed by atoms with Gasteiger partial charge in [-0.3, -0.25) is 0 Å². The lowest BCUT2D eigenvalue weighted by Crippen LogP contribution is -2.06. The summed E-state index contributed by atoms with van der Waals surface area (Å²) in [5.74, 6) is 0.241. The topological polar surface area (TPSA) is 68.3 Å². The van der Waals surface area contributed by atoms with Gasteiger partial charge >= 0.3 is 0 Å². The molecule has 0 fully saturated rings. The molecule has 1 aliphatic rings. The van der Waals surface area contributed by atoms with E-state index in [0.29, 0.717) is 17.1 Å². The second-order valence-electron chi connectivity index (χ2n) is 4.49. The highest BCUT2D eigenvalue weighted by molar-refractivity contribution is 8.34. The van der Waals surface area contributed by atoms with Gasteiger partial charge in [0, 0.05) is 5.41 Å². The summed E-state index contributed by atoms with van der Waals surface area (Å²) in [7, 11) is -6.50. The molecule has 0 aromatic heterocycles. The molecule has 0 unspecified atom stereocenters. The minimum Gasteiger partial charge on any atom is -0.224 e. The van der Waals surface area contributed by atoms with Gasteiger partial charge in [-0.2, -0.15) is 0 Å². The number of thioether (sulfide) groups is 2. The first-order valence-corrected chi connectivity index (χ1v) is 11.6. The fraction of sp³-hybridized carbons (Fsp3) is 0.667. The zero-order valence-electron chi connectivity index (χ0n) is 11.7. The van der Waals surface area contributed by atoms with E-state index in [4.69, 9.17) is 0 Å². The molecule has 0 bridgehead atoms. The van der Waals surface area contributed by atoms with Crippen molar-refractivity contribution in [2.45, 2.75) is 39.5 Å². The van der Waals surface area contributed by atoms with Gasteiger partial charge in [-0.25, -0.2) is 16.8 Å². The predicted octanol–water partition coefficient (Wildman–Crippen LogP) is 3.49. The molecule has 0 aromatic carbocycles. The Bertz CT molecular complexity index is 585. The summed E-state index contributed by atoms with van der Waals surface area (Å²) >= 11 is 2.22. The van der Waals surface area contributed by atoms with Crippen molar-refractivity contribution in [3.05, 3.63) is 19.3 Å². The van der Waals surface area contributed by atoms with E-state index >= 15 is 0 Å². The first kappa shape index (κ1) is 18.1. The molecule has 116 valence electrons. The average molecular weight is 357 g/mol. The van der Waals surface area contributed by atoms with Crippen LogP contribution in [0.2, 0.25) is 0 Å². The Labute approximate surface area is 130 Å². The van der Waals surface area contributed by atoms with Crippen molar-refractivity contribution in [1.82, 2.24) is 0 Å². The van der Waals surface area contributed by atoms with Crippen LogP contribution in [0.5, 0.6) is 0 Å². The van der Waals surface area contributed by atoms with Crippen LogP contribution in [0.3, 0.4) is 0 Å². The molecule has 0 saturated heterocycles. The van der Waals surface area contributed by atoms with Crippen LogP contribution in [0.25, 0.3) is 0 Å². The molecule has 1 aliphatic heterocycles. The lowest BCUT2D eigenvalue weighted by Gasteiger charge is -2.03. The van der Waals surface area contributed by atoms with E-state index in [1.165, 1.54) is 22.6 Å². The van der Waals surface area contributed by atoms with Gasteiger partial charge < -0.3 is 0 Å². The summed E-state index contributed by atoms with van der Waals surface area (Å²) < 4.78 is 48.4. The Hall–Kier alpha value is 0.0800. The maximum atomic E-state index is 12.0. The van der Waals surface area contributed by atoms with Gasteiger partial charge in [0.2, 0.25) is 0 Å². The normalized spacial score (nSPS) is 18.5. The Morgan fingerprint density at radius 1 is 1.05 bits per heavy atom. The van der Waals surface area contributed by atoms with E-state index in [-0.39, 0.29) is 15.7 Å². The first-order valence-electron chi connectivity index (χ1n) is 6.52. The zero-order valence-corrected chi connectivity index (χ0v) is 14.9. The molecule has 0 radical (unpaired) electrons. The van der Waals surface area contributed by atoms with Crippen molar-refractivity contribution < 1.29 is 16.8 Å². The molecule has 0 aliphatic carbocycles. The van der Waals surface area contributed by atoms with Gasteiger partial charge in [0.25, 0.3) is 0 Å². The Balaban J connectivity index is 2.71. The SMILES string of the molecule is CCCCS(=O)(=O)/C=C1/SC=C(S(=O)(=O)CCCC)S1. The number of unbranched alkanes of at least 4 members (excludes halogenated alkanes) is 2. The largest absolute Gasteiger partial charge is 0.224 e. The predicted molar refractivity (Wildman–Crippen MR) is 88.7 cm³/mol. The van der Waals surface area contributed by atoms with Crippen LogP contribution in [0.1, 0.15) is 39.5 Å². The van der Waals surface area contributed by atoms with Gasteiger partial charge in [-0.1, -0.05) is 50.2 Å². The Morgan fingerprint density at radius 2 is 1.65 bits per heavy atom. The summed E-state index contributed by atoms with van der Waals surface area (Å²) in [6, 6.07) is 0. The maximum absolute atomic E-state index is 12.0. The maximum Gasteiger partial charge on any atom is 0.185 e. The Kier molecular flexibility index (Phi) is 7.17. The lowest BCUT2D eigenvalue weighted by molar-refractivity contribution is 0.599. The average Bonchev–Trinajstić information content (AvgIpc) is 2.82. The molecule has 1 heterocycles. The van der Waals surface area contributed by atoms with E-state index < -0.39 is 19.7 Å². The van der Waals surface area contributed by atoms with E-state index in [1.54, 1.807) is 0 Å². The third-order valence-corrected chi connectivity index (χ3v) is 9.10. The third kappa shape index (κ3) is 5.83. The molecule has 0 atom stereocenters. The van der Waals surface area contributed by atoms with Crippen molar-refractivity contribution in [3.8, 4) is 0 Å². The van der Waals surface area contributed by atoms with Crippen LogP contribution < -0.4 is 0 Å². The molecule has 0 N–H and O–H groups in total. The molecule has 20 heavy (non-hydrogen) atoms. The van der Waals surface area contributed by atoms with Crippen LogP contribution in [0.15, 0.2) is 19.3 Å². The third-order valence-electron chi connectivity index (χ3n) is 2.60. The molecule has 0 amide bonds. The minimum absolute atomic E-state index is 0.117. The summed E-state index contributed by atoms with van der Waals surface area (Å²) in [4.78, 5) is 0. The highest BCUT2D eigenvalue weighted by Crippen LogP contribution is 2.46. The standard InChI is InChI=1S/C12H20O4S4/c1-3-5-7-19(13,14)10-11-17-9-12(18-11)20(15,16)8-6-4-2/h9-10H,3-8H2,1-2H3/b11-10-. The number of hydrogen-bond donors (Lipinski definition) is 0. The number of hydrogen-bond acceptors (Lipinski definition) is 6. The van der Waals surface area contributed by atoms with Crippen molar-refractivity contribution in [3.63, 3.8) is 0 Å². The van der Waals surface area contributed by atoms with Gasteiger partial charge in [-0.05, 0) is 12.8 Å². The van der Waals surface area contributed by atoms with Gasteiger partial charge in [-0.15, -0.1) is 0 Å². The first-order chi connectivity index (χ1) is 9.30. The van der Waals surface area contributed by atoms with E-state index in [2.05, 4.69) is 0 Å². The van der Waals surface area contributed by atoms with E-state index in [0.717, 1.165) is 24.6 Å². The second kappa shape index (κ2) is 7.91. The molecule has 1 rings (SSSR count). The monoisotopic (exact) mass is 356 g/mol. The second-order valence-corrected chi connectivity index (χ2v) is 11.0. The van der Waals surface area contributed by atoms with Crippen LogP contribution in [-0.4, -0.2) is 28.3 Å². The highest BCUT2D eigenvalue weighted by atomic mass is 32.3. The number of sulfone groups is 2. The molecule has 0 aromatic rings. The van der Waals surface area contributed by atoms with Crippen LogP contribution >= 0.6 is 23.5 Å². The smallest absolute Gasteiger partial charge is 0.185 e. The van der Waals surface area contributed by atoms with Crippen molar-refractivity contribution in [2.24, 2.45) is 0 Å². The fourth-order valence-corrected chi connectivity index (χ4v) is 7.96. The summed E-state index contributed by atoms with van der Waals surface area (Å²) in [5.41, 5.74) is 0. The van der Waals surface area contributed by atoms with Crippen molar-refractivity contribution >= 4 is 43.2 Å². The lowest BCUT2D eigenvalue weighted by atomic mass is 10.4. The van der Waals surface area contributed by atoms with Gasteiger partial charge in [0.1, 0.15) is 4.24 Å².